The van der Waals surface area contributed by atoms with Gasteiger partial charge in [-0.25, -0.2) is 0 Å². The molecule has 0 N–H and O–H groups in total. The Balaban J connectivity index is 0.973. The van der Waals surface area contributed by atoms with Gasteiger partial charge in [0, 0.05) is 33.1 Å². The topological polar surface area (TPSA) is 16.4 Å². The smallest absolute Gasteiger partial charge is 0.143 e. The highest BCUT2D eigenvalue weighted by Crippen LogP contribution is 2.46. The molecule has 0 saturated carbocycles. The van der Waals surface area contributed by atoms with Crippen LogP contribution in [-0.4, -0.2) is 0 Å². The molecule has 12 aromatic rings. The van der Waals surface area contributed by atoms with E-state index in [4.69, 9.17) is 4.42 Å². The molecule has 0 fully saturated rings. The number of benzene rings is 11. The third-order valence-electron chi connectivity index (χ3n) is 12.5. The van der Waals surface area contributed by atoms with Gasteiger partial charge in [-0.3, -0.25) is 0 Å². The number of rotatable bonds is 7. The normalized spacial score (nSPS) is 11.5. The number of hydrogen-bond donors (Lipinski definition) is 0. The van der Waals surface area contributed by atoms with Crippen molar-refractivity contribution < 1.29 is 4.42 Å². The summed E-state index contributed by atoms with van der Waals surface area (Å²) in [5, 5.41) is 9.53. The van der Waals surface area contributed by atoms with Crippen LogP contribution in [0.1, 0.15) is 0 Å². The second-order valence-corrected chi connectivity index (χ2v) is 16.1. The van der Waals surface area contributed by atoms with Crippen LogP contribution in [0.3, 0.4) is 0 Å². The van der Waals surface area contributed by atoms with Gasteiger partial charge in [-0.05, 0) is 114 Å². The third kappa shape index (κ3) is 6.12. The summed E-state index contributed by atoms with van der Waals surface area (Å²) in [7, 11) is 0. The molecule has 0 aliphatic heterocycles. The SMILES string of the molecule is c1ccc(N(c2ccc(-c3ccc(-c4cccc5ccccc45)cc3)cc2)c2ccc(-c3ccc4ccccc4c3)cc2)c(-c2cccc3oc4c5ccccc5ccc4c23)c1. The first-order valence-electron chi connectivity index (χ1n) is 21.2. The van der Waals surface area contributed by atoms with Gasteiger partial charge in [-0.2, -0.15) is 0 Å². The molecule has 0 amide bonds. The Hall–Kier alpha value is -8.20. The molecule has 1 heterocycles. The Bertz CT molecular complexity index is 3610. The van der Waals surface area contributed by atoms with Gasteiger partial charge in [0.25, 0.3) is 0 Å². The van der Waals surface area contributed by atoms with Crippen LogP contribution in [0.5, 0.6) is 0 Å². The van der Waals surface area contributed by atoms with Crippen LogP contribution in [0.15, 0.2) is 241 Å². The Morgan fingerprint density at radius 1 is 0.290 bits per heavy atom. The van der Waals surface area contributed by atoms with Gasteiger partial charge in [-0.15, -0.1) is 0 Å². The minimum Gasteiger partial charge on any atom is -0.455 e. The Kier molecular flexibility index (Phi) is 8.53. The number of fused-ring (bicyclic) bond motifs is 7. The zero-order valence-corrected chi connectivity index (χ0v) is 33.9. The Morgan fingerprint density at radius 3 is 1.55 bits per heavy atom. The quantitative estimate of drug-likeness (QED) is 0.160. The number of para-hydroxylation sites is 1. The van der Waals surface area contributed by atoms with Crippen molar-refractivity contribution in [3.63, 3.8) is 0 Å². The zero-order valence-electron chi connectivity index (χ0n) is 33.9. The van der Waals surface area contributed by atoms with Gasteiger partial charge in [0.15, 0.2) is 0 Å². The predicted octanol–water partition coefficient (Wildman–Crippen LogP) is 17.2. The molecule has 2 nitrogen and oxygen atoms in total. The summed E-state index contributed by atoms with van der Waals surface area (Å²) in [5.74, 6) is 0. The molecule has 0 saturated heterocycles. The number of nitrogens with zero attached hydrogens (tertiary/aromatic N) is 1. The summed E-state index contributed by atoms with van der Waals surface area (Å²) >= 11 is 0. The van der Waals surface area contributed by atoms with Crippen LogP contribution in [0.25, 0.3) is 98.8 Å². The van der Waals surface area contributed by atoms with Crippen molar-refractivity contribution in [2.24, 2.45) is 0 Å². The summed E-state index contributed by atoms with van der Waals surface area (Å²) in [6.07, 6.45) is 0. The van der Waals surface area contributed by atoms with Crippen molar-refractivity contribution in [1.29, 1.82) is 0 Å². The van der Waals surface area contributed by atoms with E-state index < -0.39 is 0 Å². The summed E-state index contributed by atoms with van der Waals surface area (Å²) in [6.45, 7) is 0. The summed E-state index contributed by atoms with van der Waals surface area (Å²) in [4.78, 5) is 2.39. The fraction of sp³-hybridized carbons (Fsp3) is 0. The van der Waals surface area contributed by atoms with Gasteiger partial charge in [0.05, 0.1) is 5.69 Å². The molecule has 0 aliphatic rings. The minimum absolute atomic E-state index is 0.880. The van der Waals surface area contributed by atoms with E-state index in [1.54, 1.807) is 0 Å². The van der Waals surface area contributed by atoms with E-state index >= 15 is 0 Å². The van der Waals surface area contributed by atoms with E-state index in [0.717, 1.165) is 55.5 Å². The standard InChI is InChI=1S/C60H39NO/c1-2-14-47-39-48(28-25-40(47)11-1)43-31-36-50(37-32-43)61(49-34-29-42(30-35-49)41-23-26-46(27-24-41)52-19-9-15-44-12-3-5-16-51(44)52)57-21-8-7-18-54(57)55-20-10-22-58-59(55)56-38-33-45-13-4-6-17-53(45)60(56)62-58/h1-39H. The zero-order chi connectivity index (χ0) is 41.0. The molecule has 0 spiro atoms. The molecule has 0 radical (unpaired) electrons. The van der Waals surface area contributed by atoms with Crippen LogP contribution in [0, 0.1) is 0 Å². The molecule has 11 aromatic carbocycles. The van der Waals surface area contributed by atoms with E-state index in [2.05, 4.69) is 241 Å². The second kappa shape index (κ2) is 14.8. The fourth-order valence-electron chi connectivity index (χ4n) is 9.40. The lowest BCUT2D eigenvalue weighted by atomic mass is 9.95. The third-order valence-corrected chi connectivity index (χ3v) is 12.5. The van der Waals surface area contributed by atoms with Crippen LogP contribution >= 0.6 is 0 Å². The first-order valence-corrected chi connectivity index (χ1v) is 21.2. The van der Waals surface area contributed by atoms with Crippen LogP contribution in [0.2, 0.25) is 0 Å². The van der Waals surface area contributed by atoms with Crippen molar-refractivity contribution in [2.75, 3.05) is 4.90 Å². The molecule has 12 rings (SSSR count). The maximum absolute atomic E-state index is 6.67. The molecule has 0 bridgehead atoms. The first-order chi connectivity index (χ1) is 30.7. The lowest BCUT2D eigenvalue weighted by Gasteiger charge is -2.28. The summed E-state index contributed by atoms with van der Waals surface area (Å²) in [6, 6.07) is 85.4. The lowest BCUT2D eigenvalue weighted by Crippen LogP contribution is -2.11. The average molecular weight is 790 g/mol. The fourth-order valence-corrected chi connectivity index (χ4v) is 9.40. The molecular formula is C60H39NO. The summed E-state index contributed by atoms with van der Waals surface area (Å²) < 4.78 is 6.67. The highest BCUT2D eigenvalue weighted by molar-refractivity contribution is 6.19. The molecule has 0 aliphatic carbocycles. The van der Waals surface area contributed by atoms with E-state index in [9.17, 15) is 0 Å². The minimum atomic E-state index is 0.880. The summed E-state index contributed by atoms with van der Waals surface area (Å²) in [5.41, 5.74) is 14.5. The molecule has 0 atom stereocenters. The van der Waals surface area contributed by atoms with Gasteiger partial charge in [0.2, 0.25) is 0 Å². The predicted molar refractivity (Wildman–Crippen MR) is 263 cm³/mol. The number of anilines is 3. The molecule has 2 heteroatoms. The van der Waals surface area contributed by atoms with E-state index in [-0.39, 0.29) is 0 Å². The lowest BCUT2D eigenvalue weighted by molar-refractivity contribution is 0.673. The average Bonchev–Trinajstić information content (AvgIpc) is 3.74. The first kappa shape index (κ1) is 35.7. The largest absolute Gasteiger partial charge is 0.455 e. The maximum atomic E-state index is 6.67. The highest BCUT2D eigenvalue weighted by atomic mass is 16.3. The van der Waals surface area contributed by atoms with Gasteiger partial charge in [-0.1, -0.05) is 188 Å². The second-order valence-electron chi connectivity index (χ2n) is 16.1. The molecule has 1 aromatic heterocycles. The monoisotopic (exact) mass is 789 g/mol. The van der Waals surface area contributed by atoms with Crippen LogP contribution < -0.4 is 4.90 Å². The highest BCUT2D eigenvalue weighted by Gasteiger charge is 2.21. The molecular weight excluding hydrogens is 751 g/mol. The Morgan fingerprint density at radius 2 is 0.790 bits per heavy atom. The van der Waals surface area contributed by atoms with Crippen molar-refractivity contribution in [2.45, 2.75) is 0 Å². The van der Waals surface area contributed by atoms with E-state index in [0.29, 0.717) is 0 Å². The number of furan rings is 1. The maximum Gasteiger partial charge on any atom is 0.143 e. The molecule has 0 unspecified atom stereocenters. The van der Waals surface area contributed by atoms with Crippen molar-refractivity contribution in [1.82, 2.24) is 0 Å². The van der Waals surface area contributed by atoms with Gasteiger partial charge >= 0.3 is 0 Å². The van der Waals surface area contributed by atoms with Crippen molar-refractivity contribution in [3.05, 3.63) is 237 Å². The Labute approximate surface area is 360 Å². The van der Waals surface area contributed by atoms with Crippen molar-refractivity contribution >= 4 is 71.3 Å². The van der Waals surface area contributed by atoms with E-state index in [1.165, 1.54) is 60.3 Å². The van der Waals surface area contributed by atoms with Crippen molar-refractivity contribution in [3.8, 4) is 44.5 Å². The molecule has 62 heavy (non-hydrogen) atoms. The van der Waals surface area contributed by atoms with Crippen LogP contribution in [0.4, 0.5) is 17.1 Å². The molecule has 290 valence electrons. The van der Waals surface area contributed by atoms with Gasteiger partial charge in [0.1, 0.15) is 11.2 Å². The van der Waals surface area contributed by atoms with Gasteiger partial charge < -0.3 is 9.32 Å². The number of hydrogen-bond acceptors (Lipinski definition) is 2. The van der Waals surface area contributed by atoms with E-state index in [1.807, 2.05) is 0 Å². The van der Waals surface area contributed by atoms with Crippen LogP contribution in [-0.2, 0) is 0 Å².